The quantitative estimate of drug-likeness (QED) is 0.611. The molecule has 0 aromatic heterocycles. The lowest BCUT2D eigenvalue weighted by atomic mass is 10.1. The van der Waals surface area contributed by atoms with Gasteiger partial charge in [0.15, 0.2) is 28.9 Å². The highest BCUT2D eigenvalue weighted by atomic mass is 32.2. The van der Waals surface area contributed by atoms with Crippen LogP contribution in [-0.4, -0.2) is 59.1 Å². The number of nitrogens with zero attached hydrogens (tertiary/aromatic N) is 3. The lowest BCUT2D eigenvalue weighted by molar-refractivity contribution is 0.0824. The summed E-state index contributed by atoms with van der Waals surface area (Å²) in [7, 11) is 3.19. The number of carbonyl (C=O) groups is 1. The van der Waals surface area contributed by atoms with Crippen LogP contribution in [0.25, 0.3) is 0 Å². The van der Waals surface area contributed by atoms with Gasteiger partial charge in [-0.1, -0.05) is 12.1 Å². The Labute approximate surface area is 181 Å². The molecule has 1 atom stereocenters. The molecule has 4 rings (SSSR count). The molecule has 0 aliphatic carbocycles. The number of amidine groups is 2. The standard InChI is InChI=1S/C20H21N5O5S/c1-25(2)20(27)13-4-3-5-14(17(13)26)22-19-18(23-31(28)24-19)21-11-12-6-7-15-16(10-12)30-9-8-29-15/h3-7,10,26H,8-9,11H2,1-2H3,(H,21,23)(H,22,24). The molecule has 10 nitrogen and oxygen atoms in total. The zero-order valence-electron chi connectivity index (χ0n) is 16.9. The molecule has 31 heavy (non-hydrogen) atoms. The van der Waals surface area contributed by atoms with Gasteiger partial charge in [0, 0.05) is 20.6 Å². The van der Waals surface area contributed by atoms with E-state index in [-0.39, 0.29) is 34.6 Å². The maximum Gasteiger partial charge on any atom is 0.269 e. The SMILES string of the molecule is CN(C)C(=O)c1cccc(NC2=NS(=O)N=C2NCc2ccc3c(c2)OCCO3)c1O. The van der Waals surface area contributed by atoms with Gasteiger partial charge in [-0.15, -0.1) is 8.80 Å². The molecule has 0 bridgehead atoms. The van der Waals surface area contributed by atoms with Crippen molar-refractivity contribution in [3.63, 3.8) is 0 Å². The highest BCUT2D eigenvalue weighted by Crippen LogP contribution is 2.31. The number of rotatable bonds is 4. The Morgan fingerprint density at radius 1 is 1.13 bits per heavy atom. The molecule has 2 heterocycles. The van der Waals surface area contributed by atoms with Crippen LogP contribution in [0.5, 0.6) is 17.2 Å². The first-order valence-electron chi connectivity index (χ1n) is 9.45. The Kier molecular flexibility index (Phi) is 5.76. The molecule has 0 saturated heterocycles. The molecule has 0 radical (unpaired) electrons. The Morgan fingerprint density at radius 2 is 1.87 bits per heavy atom. The van der Waals surface area contributed by atoms with Crippen LogP contribution in [0.2, 0.25) is 0 Å². The van der Waals surface area contributed by atoms with Crippen LogP contribution >= 0.6 is 0 Å². The topological polar surface area (TPSA) is 125 Å². The van der Waals surface area contributed by atoms with Crippen molar-refractivity contribution in [3.05, 3.63) is 47.5 Å². The molecule has 11 heteroatoms. The second-order valence-electron chi connectivity index (χ2n) is 6.97. The number of phenolic OH excluding ortho intramolecular Hbond substituents is 1. The van der Waals surface area contributed by atoms with Gasteiger partial charge in [-0.25, -0.2) is 4.21 Å². The first kappa shape index (κ1) is 20.7. The molecule has 0 fully saturated rings. The van der Waals surface area contributed by atoms with Gasteiger partial charge >= 0.3 is 0 Å². The summed E-state index contributed by atoms with van der Waals surface area (Å²) in [6.07, 6.45) is 0. The van der Waals surface area contributed by atoms with Crippen molar-refractivity contribution in [3.8, 4) is 17.2 Å². The summed E-state index contributed by atoms with van der Waals surface area (Å²) in [5.74, 6) is 1.26. The zero-order chi connectivity index (χ0) is 22.0. The van der Waals surface area contributed by atoms with E-state index in [4.69, 9.17) is 9.47 Å². The van der Waals surface area contributed by atoms with E-state index in [1.54, 1.807) is 26.2 Å². The van der Waals surface area contributed by atoms with Crippen LogP contribution < -0.4 is 20.1 Å². The van der Waals surface area contributed by atoms with Gasteiger partial charge in [-0.3, -0.25) is 4.79 Å². The van der Waals surface area contributed by atoms with Crippen molar-refractivity contribution in [1.82, 2.24) is 10.2 Å². The van der Waals surface area contributed by atoms with E-state index in [0.29, 0.717) is 31.3 Å². The largest absolute Gasteiger partial charge is 0.505 e. The van der Waals surface area contributed by atoms with Gasteiger partial charge < -0.3 is 30.1 Å². The van der Waals surface area contributed by atoms with Gasteiger partial charge in [-0.05, 0) is 29.8 Å². The fourth-order valence-corrected chi connectivity index (χ4v) is 3.67. The van der Waals surface area contributed by atoms with Crippen LogP contribution in [-0.2, 0) is 17.7 Å². The summed E-state index contributed by atoms with van der Waals surface area (Å²) in [5, 5.41) is 16.5. The number of amides is 1. The highest BCUT2D eigenvalue weighted by Gasteiger charge is 2.22. The number of nitrogens with one attached hydrogen (secondary N) is 2. The number of para-hydroxylation sites is 1. The number of carbonyl (C=O) groups excluding carboxylic acids is 1. The molecule has 2 aromatic carbocycles. The third kappa shape index (κ3) is 4.45. The number of hydrogen-bond donors (Lipinski definition) is 3. The van der Waals surface area contributed by atoms with Crippen LogP contribution in [0.4, 0.5) is 5.69 Å². The first-order chi connectivity index (χ1) is 14.9. The van der Waals surface area contributed by atoms with E-state index in [9.17, 15) is 14.1 Å². The maximum absolute atomic E-state index is 12.2. The van der Waals surface area contributed by atoms with Crippen molar-refractivity contribution >= 4 is 34.4 Å². The molecule has 3 N–H and O–H groups in total. The monoisotopic (exact) mass is 443 g/mol. The highest BCUT2D eigenvalue weighted by molar-refractivity contribution is 7.83. The molecule has 1 unspecified atom stereocenters. The molecular weight excluding hydrogens is 422 g/mol. The summed E-state index contributed by atoms with van der Waals surface area (Å²) in [6, 6.07) is 10.3. The number of aromatic hydroxyl groups is 1. The summed E-state index contributed by atoms with van der Waals surface area (Å²) in [4.78, 5) is 13.6. The minimum Gasteiger partial charge on any atom is -0.505 e. The lowest BCUT2D eigenvalue weighted by Gasteiger charge is -2.19. The van der Waals surface area contributed by atoms with Crippen LogP contribution in [0.1, 0.15) is 15.9 Å². The van der Waals surface area contributed by atoms with Crippen molar-refractivity contribution in [2.75, 3.05) is 32.6 Å². The third-order valence-corrected chi connectivity index (χ3v) is 5.23. The fraction of sp³-hybridized carbons (Fsp3) is 0.250. The smallest absolute Gasteiger partial charge is 0.269 e. The number of phenols is 1. The van der Waals surface area contributed by atoms with E-state index < -0.39 is 11.2 Å². The zero-order valence-corrected chi connectivity index (χ0v) is 17.7. The van der Waals surface area contributed by atoms with E-state index >= 15 is 0 Å². The lowest BCUT2D eigenvalue weighted by Crippen LogP contribution is -2.33. The number of ether oxygens (including phenoxy) is 2. The summed E-state index contributed by atoms with van der Waals surface area (Å²) < 4.78 is 30.9. The summed E-state index contributed by atoms with van der Waals surface area (Å²) in [5.41, 5.74) is 1.29. The van der Waals surface area contributed by atoms with Gasteiger partial charge in [0.05, 0.1) is 11.3 Å². The van der Waals surface area contributed by atoms with E-state index in [1.165, 1.54) is 11.0 Å². The van der Waals surface area contributed by atoms with Crippen molar-refractivity contribution in [2.24, 2.45) is 8.80 Å². The van der Waals surface area contributed by atoms with Crippen LogP contribution in [0.3, 0.4) is 0 Å². The molecule has 0 saturated carbocycles. The minimum atomic E-state index is -1.80. The Balaban J connectivity index is 1.48. The first-order valence-corrected chi connectivity index (χ1v) is 10.5. The van der Waals surface area contributed by atoms with Gasteiger partial charge in [0.2, 0.25) is 0 Å². The van der Waals surface area contributed by atoms with Gasteiger partial charge in [0.1, 0.15) is 13.2 Å². The summed E-state index contributed by atoms with van der Waals surface area (Å²) in [6.45, 7) is 1.39. The number of anilines is 1. The minimum absolute atomic E-state index is 0.137. The fourth-order valence-electron chi connectivity index (χ4n) is 3.03. The van der Waals surface area contributed by atoms with Crippen molar-refractivity contribution in [1.29, 1.82) is 0 Å². The van der Waals surface area contributed by atoms with E-state index in [1.807, 2.05) is 18.2 Å². The molecule has 2 aliphatic heterocycles. The van der Waals surface area contributed by atoms with Crippen LogP contribution in [0.15, 0.2) is 45.2 Å². The molecular formula is C20H21N5O5S. The average Bonchev–Trinajstić information content (AvgIpc) is 3.12. The predicted molar refractivity (Wildman–Crippen MR) is 117 cm³/mol. The average molecular weight is 443 g/mol. The molecule has 1 amide bonds. The molecule has 2 aromatic rings. The Bertz CT molecular complexity index is 1120. The second kappa shape index (κ2) is 8.64. The molecule has 2 aliphatic rings. The van der Waals surface area contributed by atoms with E-state index in [0.717, 1.165) is 5.56 Å². The Hall–Kier alpha value is -3.60. The number of hydrogen-bond acceptors (Lipinski definition) is 7. The van der Waals surface area contributed by atoms with E-state index in [2.05, 4.69) is 19.4 Å². The second-order valence-corrected chi connectivity index (χ2v) is 7.79. The normalized spacial score (nSPS) is 16.9. The summed E-state index contributed by atoms with van der Waals surface area (Å²) >= 11 is -1.80. The maximum atomic E-state index is 12.2. The van der Waals surface area contributed by atoms with Crippen molar-refractivity contribution in [2.45, 2.75) is 6.54 Å². The Morgan fingerprint density at radius 3 is 2.65 bits per heavy atom. The van der Waals surface area contributed by atoms with Gasteiger partial charge in [0.25, 0.3) is 17.1 Å². The number of benzene rings is 2. The third-order valence-electron chi connectivity index (χ3n) is 4.56. The van der Waals surface area contributed by atoms with Gasteiger partial charge in [-0.2, -0.15) is 0 Å². The number of fused-ring (bicyclic) bond motifs is 1. The molecule has 0 spiro atoms. The molecule has 162 valence electrons. The van der Waals surface area contributed by atoms with Crippen molar-refractivity contribution < 1.29 is 23.6 Å². The predicted octanol–water partition coefficient (Wildman–Crippen LogP) is 1.46. The van der Waals surface area contributed by atoms with Crippen LogP contribution in [0, 0.1) is 0 Å².